The molecule has 0 spiro atoms. The minimum absolute atomic E-state index is 0.0540. The average molecular weight is 268 g/mol. The van der Waals surface area contributed by atoms with E-state index >= 15 is 0 Å². The van der Waals surface area contributed by atoms with Gasteiger partial charge in [0, 0.05) is 42.8 Å². The topological polar surface area (TPSA) is 44.4 Å². The molecule has 1 atom stereocenters. The molecule has 0 radical (unpaired) electrons. The van der Waals surface area contributed by atoms with Crippen molar-refractivity contribution >= 4 is 17.5 Å². The van der Waals surface area contributed by atoms with Crippen LogP contribution >= 0.6 is 11.6 Å². The molecular weight excluding hydrogens is 250 g/mol. The first-order chi connectivity index (χ1) is 8.65. The van der Waals surface area contributed by atoms with Crippen LogP contribution in [0, 0.1) is 0 Å². The number of hydrogen-bond acceptors (Lipinski definition) is 3. The molecule has 2 rings (SSSR count). The van der Waals surface area contributed by atoms with Crippen molar-refractivity contribution in [3.8, 4) is 0 Å². The van der Waals surface area contributed by atoms with Gasteiger partial charge in [-0.05, 0) is 31.3 Å². The van der Waals surface area contributed by atoms with Crippen LogP contribution in [-0.4, -0.2) is 50.1 Å². The van der Waals surface area contributed by atoms with E-state index in [0.717, 1.165) is 19.6 Å². The molecule has 1 aliphatic rings. The Morgan fingerprint density at radius 3 is 2.89 bits per heavy atom. The first kappa shape index (κ1) is 13.3. The van der Waals surface area contributed by atoms with Gasteiger partial charge in [0.2, 0.25) is 0 Å². The first-order valence-corrected chi connectivity index (χ1v) is 6.48. The summed E-state index contributed by atoms with van der Waals surface area (Å²) in [6.45, 7) is 3.63. The Kier molecular flexibility index (Phi) is 4.58. The summed E-state index contributed by atoms with van der Waals surface area (Å²) in [6, 6.07) is 7.24. The van der Waals surface area contributed by atoms with Crippen molar-refractivity contribution in [2.24, 2.45) is 0 Å². The molecule has 1 aromatic carbocycles. The smallest absolute Gasteiger partial charge is 0.251 e. The number of halogens is 1. The van der Waals surface area contributed by atoms with Crippen LogP contribution in [0.3, 0.4) is 0 Å². The molecule has 98 valence electrons. The fraction of sp³-hybridized carbons (Fsp3) is 0.462. The van der Waals surface area contributed by atoms with Gasteiger partial charge in [-0.25, -0.2) is 0 Å². The molecule has 1 unspecified atom stereocenters. The van der Waals surface area contributed by atoms with Gasteiger partial charge >= 0.3 is 0 Å². The van der Waals surface area contributed by atoms with Gasteiger partial charge in [0.1, 0.15) is 0 Å². The molecule has 4 nitrogen and oxygen atoms in total. The van der Waals surface area contributed by atoms with Gasteiger partial charge in [0.05, 0.1) is 0 Å². The van der Waals surface area contributed by atoms with Gasteiger partial charge in [-0.3, -0.25) is 4.79 Å². The maximum Gasteiger partial charge on any atom is 0.251 e. The number of rotatable bonds is 3. The van der Waals surface area contributed by atoms with Gasteiger partial charge < -0.3 is 15.5 Å². The lowest BCUT2D eigenvalue weighted by Crippen LogP contribution is -2.53. The van der Waals surface area contributed by atoms with Crippen LogP contribution in [0.4, 0.5) is 0 Å². The third-order valence-electron chi connectivity index (χ3n) is 3.07. The van der Waals surface area contributed by atoms with Crippen molar-refractivity contribution < 1.29 is 4.79 Å². The van der Waals surface area contributed by atoms with Gasteiger partial charge in [-0.2, -0.15) is 0 Å². The van der Waals surface area contributed by atoms with Crippen molar-refractivity contribution in [1.29, 1.82) is 0 Å². The molecule has 0 aliphatic carbocycles. The number of carbonyl (C=O) groups is 1. The fourth-order valence-electron chi connectivity index (χ4n) is 2.05. The maximum atomic E-state index is 11.9. The maximum absolute atomic E-state index is 11.9. The molecule has 1 fully saturated rings. The molecule has 1 aromatic rings. The molecule has 1 heterocycles. The van der Waals surface area contributed by atoms with Crippen LogP contribution in [0.5, 0.6) is 0 Å². The van der Waals surface area contributed by atoms with E-state index in [4.69, 9.17) is 11.6 Å². The SMILES string of the molecule is CN1CCNC(CNC(=O)c2ccc(Cl)cc2)C1. The minimum atomic E-state index is -0.0540. The zero-order valence-corrected chi connectivity index (χ0v) is 11.2. The summed E-state index contributed by atoms with van der Waals surface area (Å²) in [7, 11) is 2.09. The number of nitrogens with one attached hydrogen (secondary N) is 2. The minimum Gasteiger partial charge on any atom is -0.350 e. The largest absolute Gasteiger partial charge is 0.350 e. The Hall–Kier alpha value is -1.10. The van der Waals surface area contributed by atoms with Crippen molar-refractivity contribution in [3.05, 3.63) is 34.9 Å². The molecule has 5 heteroatoms. The summed E-state index contributed by atoms with van der Waals surface area (Å²) in [5.41, 5.74) is 0.642. The number of hydrogen-bond donors (Lipinski definition) is 2. The second-order valence-corrected chi connectivity index (χ2v) is 5.07. The average Bonchev–Trinajstić information content (AvgIpc) is 2.37. The van der Waals surface area contributed by atoms with E-state index in [2.05, 4.69) is 22.6 Å². The van der Waals surface area contributed by atoms with E-state index in [9.17, 15) is 4.79 Å². The van der Waals surface area contributed by atoms with Gasteiger partial charge in [-0.15, -0.1) is 0 Å². The fourth-order valence-corrected chi connectivity index (χ4v) is 2.17. The van der Waals surface area contributed by atoms with E-state index in [-0.39, 0.29) is 5.91 Å². The lowest BCUT2D eigenvalue weighted by atomic mass is 10.2. The van der Waals surface area contributed by atoms with Crippen LogP contribution in [-0.2, 0) is 0 Å². The molecule has 1 saturated heterocycles. The third kappa shape index (κ3) is 3.70. The summed E-state index contributed by atoms with van der Waals surface area (Å²) >= 11 is 5.78. The van der Waals surface area contributed by atoms with Gasteiger partial charge in [-0.1, -0.05) is 11.6 Å². The number of piperazine rings is 1. The van der Waals surface area contributed by atoms with E-state index in [1.165, 1.54) is 0 Å². The standard InChI is InChI=1S/C13H18ClN3O/c1-17-7-6-15-12(9-17)8-16-13(18)10-2-4-11(14)5-3-10/h2-5,12,15H,6-9H2,1H3,(H,16,18). The highest BCUT2D eigenvalue weighted by Crippen LogP contribution is 2.09. The highest BCUT2D eigenvalue weighted by atomic mass is 35.5. The first-order valence-electron chi connectivity index (χ1n) is 6.11. The Labute approximate surface area is 112 Å². The normalized spacial score (nSPS) is 20.7. The molecule has 0 saturated carbocycles. The van der Waals surface area contributed by atoms with E-state index in [0.29, 0.717) is 23.2 Å². The zero-order chi connectivity index (χ0) is 13.0. The molecule has 0 aromatic heterocycles. The number of carbonyl (C=O) groups excluding carboxylic acids is 1. The number of amides is 1. The third-order valence-corrected chi connectivity index (χ3v) is 3.33. The van der Waals surface area contributed by atoms with E-state index < -0.39 is 0 Å². The highest BCUT2D eigenvalue weighted by molar-refractivity contribution is 6.30. The molecule has 1 aliphatic heterocycles. The molecule has 0 bridgehead atoms. The lowest BCUT2D eigenvalue weighted by molar-refractivity contribution is 0.0944. The highest BCUT2D eigenvalue weighted by Gasteiger charge is 2.17. The van der Waals surface area contributed by atoms with Crippen LogP contribution in [0.15, 0.2) is 24.3 Å². The Balaban J connectivity index is 1.82. The molecule has 1 amide bonds. The van der Waals surface area contributed by atoms with E-state index in [1.54, 1.807) is 24.3 Å². The Morgan fingerprint density at radius 2 is 2.22 bits per heavy atom. The van der Waals surface area contributed by atoms with Crippen LogP contribution in [0.25, 0.3) is 0 Å². The molecular formula is C13H18ClN3O. The van der Waals surface area contributed by atoms with Gasteiger partial charge in [0.15, 0.2) is 0 Å². The number of benzene rings is 1. The van der Waals surface area contributed by atoms with Crippen molar-refractivity contribution in [1.82, 2.24) is 15.5 Å². The van der Waals surface area contributed by atoms with Crippen molar-refractivity contribution in [3.63, 3.8) is 0 Å². The summed E-state index contributed by atoms with van der Waals surface area (Å²) in [6.07, 6.45) is 0. The van der Waals surface area contributed by atoms with Crippen LogP contribution < -0.4 is 10.6 Å². The molecule has 18 heavy (non-hydrogen) atoms. The monoisotopic (exact) mass is 267 g/mol. The molecule has 2 N–H and O–H groups in total. The number of nitrogens with zero attached hydrogens (tertiary/aromatic N) is 1. The Bertz CT molecular complexity index is 407. The number of likely N-dealkylation sites (N-methyl/N-ethyl adjacent to an activating group) is 1. The van der Waals surface area contributed by atoms with Crippen molar-refractivity contribution in [2.45, 2.75) is 6.04 Å². The van der Waals surface area contributed by atoms with Crippen molar-refractivity contribution in [2.75, 3.05) is 33.2 Å². The predicted octanol–water partition coefficient (Wildman–Crippen LogP) is 0.973. The second kappa shape index (κ2) is 6.18. The quantitative estimate of drug-likeness (QED) is 0.858. The second-order valence-electron chi connectivity index (χ2n) is 4.63. The predicted molar refractivity (Wildman–Crippen MR) is 73.1 cm³/mol. The zero-order valence-electron chi connectivity index (χ0n) is 10.4. The Morgan fingerprint density at radius 1 is 1.50 bits per heavy atom. The summed E-state index contributed by atoms with van der Waals surface area (Å²) in [4.78, 5) is 14.1. The summed E-state index contributed by atoms with van der Waals surface area (Å²) in [5, 5.41) is 6.97. The van der Waals surface area contributed by atoms with E-state index in [1.807, 2.05) is 0 Å². The van der Waals surface area contributed by atoms with Crippen LogP contribution in [0.1, 0.15) is 10.4 Å². The summed E-state index contributed by atoms with van der Waals surface area (Å²) in [5.74, 6) is -0.0540. The van der Waals surface area contributed by atoms with Gasteiger partial charge in [0.25, 0.3) is 5.91 Å². The summed E-state index contributed by atoms with van der Waals surface area (Å²) < 4.78 is 0. The van der Waals surface area contributed by atoms with Crippen LogP contribution in [0.2, 0.25) is 5.02 Å². The lowest BCUT2D eigenvalue weighted by Gasteiger charge is -2.30.